The van der Waals surface area contributed by atoms with Crippen molar-refractivity contribution < 1.29 is 23.5 Å². The standard InChI is InChI=1S/C23H25N3O5S/c1-16(27)19-9-6-17(7-10-19)4-5-18-8-11-21-20(14-18)15-24-26(21)13-12-23(2,22(28)25-29)32(3,30)31/h6-11,14-16,27,29H,12-13H2,1-3H3,(H,25,28)/t16-,23?/m1/s1. The van der Waals surface area contributed by atoms with Gasteiger partial charge in [0, 0.05) is 29.3 Å². The van der Waals surface area contributed by atoms with Crippen molar-refractivity contribution in [2.45, 2.75) is 37.7 Å². The number of aryl methyl sites for hydroxylation is 1. The number of aliphatic hydroxyl groups is 1. The molecule has 2 aromatic carbocycles. The van der Waals surface area contributed by atoms with Gasteiger partial charge in [0.1, 0.15) is 0 Å². The molecule has 1 heterocycles. The maximum atomic E-state index is 12.1. The molecule has 1 unspecified atom stereocenters. The summed E-state index contributed by atoms with van der Waals surface area (Å²) in [5.74, 6) is 5.21. The number of hydrogen-bond donors (Lipinski definition) is 3. The van der Waals surface area contributed by atoms with Gasteiger partial charge in [-0.1, -0.05) is 24.0 Å². The highest BCUT2D eigenvalue weighted by Gasteiger charge is 2.43. The highest BCUT2D eigenvalue weighted by atomic mass is 32.2. The van der Waals surface area contributed by atoms with E-state index < -0.39 is 26.6 Å². The van der Waals surface area contributed by atoms with Crippen LogP contribution in [0, 0.1) is 11.8 Å². The van der Waals surface area contributed by atoms with Crippen molar-refractivity contribution >= 4 is 26.6 Å². The SMILES string of the molecule is C[C@@H](O)c1ccc(C#Cc2ccc3c(cnn3CCC(C)(C(=O)NO)S(C)(=O)=O)c2)cc1. The minimum atomic E-state index is -3.78. The number of sulfone groups is 1. The fourth-order valence-electron chi connectivity index (χ4n) is 3.24. The molecule has 2 atom stereocenters. The van der Waals surface area contributed by atoms with Crippen molar-refractivity contribution in [2.75, 3.05) is 6.26 Å². The summed E-state index contributed by atoms with van der Waals surface area (Å²) < 4.78 is 24.1. The third-order valence-corrected chi connectivity index (χ3v) is 7.61. The van der Waals surface area contributed by atoms with Crippen LogP contribution in [0.15, 0.2) is 48.7 Å². The maximum Gasteiger partial charge on any atom is 0.264 e. The zero-order valence-corrected chi connectivity index (χ0v) is 18.8. The van der Waals surface area contributed by atoms with Crippen molar-refractivity contribution in [1.82, 2.24) is 15.3 Å². The van der Waals surface area contributed by atoms with Gasteiger partial charge in [0.2, 0.25) is 0 Å². The molecule has 32 heavy (non-hydrogen) atoms. The predicted octanol–water partition coefficient (Wildman–Crippen LogP) is 2.19. The van der Waals surface area contributed by atoms with E-state index in [0.29, 0.717) is 0 Å². The van der Waals surface area contributed by atoms with Crippen LogP contribution in [0.1, 0.15) is 43.1 Å². The van der Waals surface area contributed by atoms with E-state index in [-0.39, 0.29) is 13.0 Å². The number of fused-ring (bicyclic) bond motifs is 1. The fraction of sp³-hybridized carbons (Fsp3) is 0.304. The van der Waals surface area contributed by atoms with Crippen LogP contribution in [0.5, 0.6) is 0 Å². The minimum Gasteiger partial charge on any atom is -0.389 e. The molecule has 0 saturated heterocycles. The second kappa shape index (κ2) is 9.12. The van der Waals surface area contributed by atoms with E-state index in [1.54, 1.807) is 17.8 Å². The summed E-state index contributed by atoms with van der Waals surface area (Å²) in [5, 5.41) is 23.7. The van der Waals surface area contributed by atoms with Crippen molar-refractivity contribution in [3.8, 4) is 11.8 Å². The van der Waals surface area contributed by atoms with E-state index >= 15 is 0 Å². The lowest BCUT2D eigenvalue weighted by Gasteiger charge is -2.25. The monoisotopic (exact) mass is 455 g/mol. The third kappa shape index (κ3) is 4.83. The summed E-state index contributed by atoms with van der Waals surface area (Å²) >= 11 is 0. The van der Waals surface area contributed by atoms with Crippen molar-refractivity contribution in [1.29, 1.82) is 0 Å². The van der Waals surface area contributed by atoms with Gasteiger partial charge in [-0.2, -0.15) is 5.10 Å². The normalized spacial score (nSPS) is 14.3. The van der Waals surface area contributed by atoms with Gasteiger partial charge in [-0.05, 0) is 56.2 Å². The second-order valence-electron chi connectivity index (χ2n) is 7.88. The number of rotatable bonds is 6. The van der Waals surface area contributed by atoms with Gasteiger partial charge in [0.05, 0.1) is 17.8 Å². The van der Waals surface area contributed by atoms with Crippen LogP contribution in [0.2, 0.25) is 0 Å². The van der Waals surface area contributed by atoms with Crippen LogP contribution in [0.25, 0.3) is 10.9 Å². The van der Waals surface area contributed by atoms with Crippen LogP contribution in [-0.4, -0.2) is 45.4 Å². The van der Waals surface area contributed by atoms with Gasteiger partial charge < -0.3 is 5.11 Å². The number of hydroxylamine groups is 1. The molecule has 0 spiro atoms. The van der Waals surface area contributed by atoms with E-state index in [9.17, 15) is 18.3 Å². The molecular weight excluding hydrogens is 430 g/mol. The topological polar surface area (TPSA) is 122 Å². The quantitative estimate of drug-likeness (QED) is 0.298. The zero-order valence-electron chi connectivity index (χ0n) is 18.0. The molecule has 3 rings (SSSR count). The second-order valence-corrected chi connectivity index (χ2v) is 10.3. The smallest absolute Gasteiger partial charge is 0.264 e. The van der Waals surface area contributed by atoms with Gasteiger partial charge >= 0.3 is 0 Å². The lowest BCUT2D eigenvalue weighted by atomic mass is 10.1. The van der Waals surface area contributed by atoms with E-state index in [4.69, 9.17) is 5.21 Å². The molecular formula is C23H25N3O5S. The Morgan fingerprint density at radius 3 is 2.41 bits per heavy atom. The van der Waals surface area contributed by atoms with Crippen LogP contribution >= 0.6 is 0 Å². The molecule has 0 aliphatic rings. The minimum absolute atomic E-state index is 0.0565. The molecule has 168 valence electrons. The number of aromatic nitrogens is 2. The average molecular weight is 456 g/mol. The van der Waals surface area contributed by atoms with Crippen LogP contribution in [0.4, 0.5) is 0 Å². The maximum absolute atomic E-state index is 12.1. The molecule has 0 fully saturated rings. The summed E-state index contributed by atoms with van der Waals surface area (Å²) in [6, 6.07) is 12.9. The lowest BCUT2D eigenvalue weighted by molar-refractivity contribution is -0.131. The Balaban J connectivity index is 1.80. The summed E-state index contributed by atoms with van der Waals surface area (Å²) in [7, 11) is -3.78. The summed E-state index contributed by atoms with van der Waals surface area (Å²) in [6.07, 6.45) is 2.04. The molecule has 0 aliphatic carbocycles. The number of benzene rings is 2. The van der Waals surface area contributed by atoms with Gasteiger partial charge in [0.25, 0.3) is 5.91 Å². The van der Waals surface area contributed by atoms with E-state index in [2.05, 4.69) is 16.9 Å². The number of amides is 1. The first kappa shape index (κ1) is 23.5. The zero-order chi connectivity index (χ0) is 23.5. The number of carbonyl (C=O) groups is 1. The summed E-state index contributed by atoms with van der Waals surface area (Å²) in [6.45, 7) is 3.15. The molecule has 8 nitrogen and oxygen atoms in total. The summed E-state index contributed by atoms with van der Waals surface area (Å²) in [4.78, 5) is 12.0. The van der Waals surface area contributed by atoms with Crippen LogP contribution in [0.3, 0.4) is 0 Å². The van der Waals surface area contributed by atoms with Crippen LogP contribution in [-0.2, 0) is 21.2 Å². The van der Waals surface area contributed by atoms with Crippen LogP contribution < -0.4 is 5.48 Å². The first-order valence-electron chi connectivity index (χ1n) is 9.95. The molecule has 1 amide bonds. The number of carbonyl (C=O) groups excluding carboxylic acids is 1. The number of nitrogens with zero attached hydrogens (tertiary/aromatic N) is 2. The highest BCUT2D eigenvalue weighted by Crippen LogP contribution is 2.24. The Morgan fingerprint density at radius 1 is 1.19 bits per heavy atom. The molecule has 0 bridgehead atoms. The number of nitrogens with one attached hydrogen (secondary N) is 1. The summed E-state index contributed by atoms with van der Waals surface area (Å²) in [5.41, 5.74) is 4.66. The first-order chi connectivity index (χ1) is 15.0. The van der Waals surface area contributed by atoms with Gasteiger partial charge in [-0.25, -0.2) is 13.9 Å². The molecule has 3 N–H and O–H groups in total. The molecule has 0 saturated carbocycles. The Morgan fingerprint density at radius 2 is 1.81 bits per heavy atom. The molecule has 0 aliphatic heterocycles. The predicted molar refractivity (Wildman–Crippen MR) is 121 cm³/mol. The number of hydrogen-bond acceptors (Lipinski definition) is 6. The first-order valence-corrected chi connectivity index (χ1v) is 11.8. The molecule has 9 heteroatoms. The van der Waals surface area contributed by atoms with Gasteiger partial charge in [-0.15, -0.1) is 0 Å². The van der Waals surface area contributed by atoms with E-state index in [1.807, 2.05) is 42.5 Å². The third-order valence-electron chi connectivity index (χ3n) is 5.59. The van der Waals surface area contributed by atoms with Crippen molar-refractivity contribution in [3.63, 3.8) is 0 Å². The Bertz CT molecular complexity index is 1300. The van der Waals surface area contributed by atoms with Gasteiger partial charge in [-0.3, -0.25) is 14.7 Å². The molecule has 3 aromatic rings. The largest absolute Gasteiger partial charge is 0.389 e. The fourth-order valence-corrected chi connectivity index (χ4v) is 4.08. The highest BCUT2D eigenvalue weighted by molar-refractivity contribution is 7.92. The lowest BCUT2D eigenvalue weighted by Crippen LogP contribution is -2.49. The Kier molecular flexibility index (Phi) is 6.69. The molecule has 1 aromatic heterocycles. The Labute approximate surface area is 186 Å². The van der Waals surface area contributed by atoms with Gasteiger partial charge in [0.15, 0.2) is 14.6 Å². The molecule has 0 radical (unpaired) electrons. The van der Waals surface area contributed by atoms with Crippen molar-refractivity contribution in [2.24, 2.45) is 0 Å². The number of aliphatic hydroxyl groups excluding tert-OH is 1. The van der Waals surface area contributed by atoms with E-state index in [0.717, 1.165) is 33.8 Å². The Hall–Kier alpha value is -3.19. The van der Waals surface area contributed by atoms with Crippen molar-refractivity contribution in [3.05, 3.63) is 65.4 Å². The average Bonchev–Trinajstić information content (AvgIpc) is 3.17. The van der Waals surface area contributed by atoms with E-state index in [1.165, 1.54) is 12.4 Å².